The standard InChI is InChI=1S/C20H21F2N3O3/c1-12(20(27)24-13-5-7-15(21)16(22)10-13)23-14-6-8-17(18(11-14)28-2)25-9-3-4-19(25)26/h5-8,10-12,23H,3-4,9H2,1-2H3,(H,24,27)/t12-/m1/s1. The average molecular weight is 389 g/mol. The Morgan fingerprint density at radius 3 is 2.54 bits per heavy atom. The zero-order valence-electron chi connectivity index (χ0n) is 15.6. The van der Waals surface area contributed by atoms with Crippen molar-refractivity contribution < 1.29 is 23.1 Å². The predicted octanol–water partition coefficient (Wildman–Crippen LogP) is 3.54. The second-order valence-electron chi connectivity index (χ2n) is 6.52. The summed E-state index contributed by atoms with van der Waals surface area (Å²) in [6.07, 6.45) is 1.33. The molecule has 1 heterocycles. The van der Waals surface area contributed by atoms with E-state index in [2.05, 4.69) is 10.6 Å². The van der Waals surface area contributed by atoms with Crippen molar-refractivity contribution in [2.75, 3.05) is 29.2 Å². The first-order valence-electron chi connectivity index (χ1n) is 8.90. The number of hydrogen-bond acceptors (Lipinski definition) is 4. The van der Waals surface area contributed by atoms with Gasteiger partial charge in [-0.1, -0.05) is 0 Å². The van der Waals surface area contributed by atoms with Crippen molar-refractivity contribution in [3.8, 4) is 5.75 Å². The Balaban J connectivity index is 1.69. The van der Waals surface area contributed by atoms with Gasteiger partial charge in [0.1, 0.15) is 11.8 Å². The highest BCUT2D eigenvalue weighted by atomic mass is 19.2. The molecule has 0 spiro atoms. The Labute approximate surface area is 161 Å². The van der Waals surface area contributed by atoms with Gasteiger partial charge in [-0.15, -0.1) is 0 Å². The van der Waals surface area contributed by atoms with E-state index in [1.54, 1.807) is 30.0 Å². The van der Waals surface area contributed by atoms with E-state index in [-0.39, 0.29) is 11.6 Å². The Kier molecular flexibility index (Phi) is 5.77. The van der Waals surface area contributed by atoms with Crippen molar-refractivity contribution >= 4 is 28.9 Å². The van der Waals surface area contributed by atoms with Crippen molar-refractivity contribution in [1.82, 2.24) is 0 Å². The molecule has 3 rings (SSSR count). The molecule has 0 aliphatic carbocycles. The Hall–Kier alpha value is -3.16. The van der Waals surface area contributed by atoms with Gasteiger partial charge in [-0.05, 0) is 37.6 Å². The number of rotatable bonds is 6. The van der Waals surface area contributed by atoms with Crippen LogP contribution < -0.4 is 20.3 Å². The summed E-state index contributed by atoms with van der Waals surface area (Å²) in [7, 11) is 1.52. The fourth-order valence-electron chi connectivity index (χ4n) is 3.03. The molecule has 2 N–H and O–H groups in total. The molecule has 1 aliphatic heterocycles. The molecule has 0 saturated carbocycles. The van der Waals surface area contributed by atoms with Gasteiger partial charge in [0, 0.05) is 36.5 Å². The molecule has 8 heteroatoms. The molecule has 0 aromatic heterocycles. The third-order valence-electron chi connectivity index (χ3n) is 4.51. The van der Waals surface area contributed by atoms with Crippen LogP contribution in [0.15, 0.2) is 36.4 Å². The lowest BCUT2D eigenvalue weighted by atomic mass is 10.2. The van der Waals surface area contributed by atoms with Crippen LogP contribution in [-0.4, -0.2) is 31.5 Å². The van der Waals surface area contributed by atoms with Crippen molar-refractivity contribution in [3.63, 3.8) is 0 Å². The minimum absolute atomic E-state index is 0.0540. The van der Waals surface area contributed by atoms with Gasteiger partial charge in [0.15, 0.2) is 11.6 Å². The van der Waals surface area contributed by atoms with Crippen LogP contribution >= 0.6 is 0 Å². The highest BCUT2D eigenvalue weighted by Gasteiger charge is 2.24. The monoisotopic (exact) mass is 389 g/mol. The lowest BCUT2D eigenvalue weighted by Gasteiger charge is -2.21. The number of carbonyl (C=O) groups excluding carboxylic acids is 2. The molecule has 0 unspecified atom stereocenters. The molecule has 28 heavy (non-hydrogen) atoms. The first kappa shape index (κ1) is 19.6. The molecule has 148 valence electrons. The van der Waals surface area contributed by atoms with Crippen LogP contribution in [0.4, 0.5) is 25.8 Å². The summed E-state index contributed by atoms with van der Waals surface area (Å²) in [4.78, 5) is 26.0. The number of benzene rings is 2. The van der Waals surface area contributed by atoms with E-state index in [0.29, 0.717) is 30.1 Å². The fourth-order valence-corrected chi connectivity index (χ4v) is 3.03. The van der Waals surface area contributed by atoms with Crippen LogP contribution in [0.2, 0.25) is 0 Å². The summed E-state index contributed by atoms with van der Waals surface area (Å²) in [5, 5.41) is 5.56. The van der Waals surface area contributed by atoms with Gasteiger partial charge in [-0.2, -0.15) is 0 Å². The summed E-state index contributed by atoms with van der Waals surface area (Å²) in [6.45, 7) is 2.29. The number of halogens is 2. The molecule has 0 bridgehead atoms. The lowest BCUT2D eigenvalue weighted by molar-refractivity contribution is -0.117. The van der Waals surface area contributed by atoms with Crippen molar-refractivity contribution in [2.24, 2.45) is 0 Å². The summed E-state index contributed by atoms with van der Waals surface area (Å²) in [5.41, 5.74) is 1.48. The minimum atomic E-state index is -1.03. The maximum Gasteiger partial charge on any atom is 0.246 e. The third kappa shape index (κ3) is 4.21. The number of amides is 2. The Morgan fingerprint density at radius 2 is 1.89 bits per heavy atom. The number of methoxy groups -OCH3 is 1. The van der Waals surface area contributed by atoms with Gasteiger partial charge in [-0.25, -0.2) is 8.78 Å². The fraction of sp³-hybridized carbons (Fsp3) is 0.300. The maximum atomic E-state index is 13.3. The van der Waals surface area contributed by atoms with E-state index in [0.717, 1.165) is 18.6 Å². The van der Waals surface area contributed by atoms with Crippen LogP contribution in [0.1, 0.15) is 19.8 Å². The molecule has 0 radical (unpaired) electrons. The van der Waals surface area contributed by atoms with Gasteiger partial charge < -0.3 is 20.3 Å². The molecule has 6 nitrogen and oxygen atoms in total. The van der Waals surface area contributed by atoms with Gasteiger partial charge in [-0.3, -0.25) is 9.59 Å². The molecule has 1 fully saturated rings. The minimum Gasteiger partial charge on any atom is -0.494 e. The first-order chi connectivity index (χ1) is 13.4. The quantitative estimate of drug-likeness (QED) is 0.793. The normalized spacial score (nSPS) is 14.7. The number of anilines is 3. The Bertz CT molecular complexity index is 904. The summed E-state index contributed by atoms with van der Waals surface area (Å²) in [5.74, 6) is -1.85. The zero-order valence-corrected chi connectivity index (χ0v) is 15.6. The van der Waals surface area contributed by atoms with E-state index in [4.69, 9.17) is 4.74 Å². The molecule has 2 amide bonds. The lowest BCUT2D eigenvalue weighted by Crippen LogP contribution is -2.32. The van der Waals surface area contributed by atoms with E-state index in [1.807, 2.05) is 0 Å². The van der Waals surface area contributed by atoms with E-state index >= 15 is 0 Å². The van der Waals surface area contributed by atoms with Crippen LogP contribution in [0.25, 0.3) is 0 Å². The summed E-state index contributed by atoms with van der Waals surface area (Å²) in [6, 6.07) is 7.74. The highest BCUT2D eigenvalue weighted by Crippen LogP contribution is 2.34. The summed E-state index contributed by atoms with van der Waals surface area (Å²) >= 11 is 0. The van der Waals surface area contributed by atoms with Crippen molar-refractivity contribution in [3.05, 3.63) is 48.0 Å². The summed E-state index contributed by atoms with van der Waals surface area (Å²) < 4.78 is 31.7. The smallest absolute Gasteiger partial charge is 0.246 e. The van der Waals surface area contributed by atoms with E-state index < -0.39 is 23.6 Å². The van der Waals surface area contributed by atoms with E-state index in [1.165, 1.54) is 13.2 Å². The second kappa shape index (κ2) is 8.24. The maximum absolute atomic E-state index is 13.3. The van der Waals surface area contributed by atoms with Crippen molar-refractivity contribution in [2.45, 2.75) is 25.8 Å². The van der Waals surface area contributed by atoms with Crippen molar-refractivity contribution in [1.29, 1.82) is 0 Å². The molecule has 1 atom stereocenters. The van der Waals surface area contributed by atoms with Gasteiger partial charge in [0.25, 0.3) is 0 Å². The average Bonchev–Trinajstić information content (AvgIpc) is 3.10. The third-order valence-corrected chi connectivity index (χ3v) is 4.51. The van der Waals surface area contributed by atoms with Crippen LogP contribution in [0, 0.1) is 11.6 Å². The molecular weight excluding hydrogens is 368 g/mol. The highest BCUT2D eigenvalue weighted by molar-refractivity contribution is 5.98. The van der Waals surface area contributed by atoms with E-state index in [9.17, 15) is 18.4 Å². The Morgan fingerprint density at radius 1 is 1.14 bits per heavy atom. The largest absolute Gasteiger partial charge is 0.494 e. The number of ether oxygens (including phenoxy) is 1. The SMILES string of the molecule is COc1cc(N[C@H](C)C(=O)Nc2ccc(F)c(F)c2)ccc1N1CCCC1=O. The number of carbonyl (C=O) groups is 2. The van der Waals surface area contributed by atoms with Crippen LogP contribution in [-0.2, 0) is 9.59 Å². The van der Waals surface area contributed by atoms with Crippen LogP contribution in [0.5, 0.6) is 5.75 Å². The zero-order chi connectivity index (χ0) is 20.3. The molecule has 1 aliphatic rings. The van der Waals surface area contributed by atoms with Gasteiger partial charge in [0.05, 0.1) is 12.8 Å². The van der Waals surface area contributed by atoms with Gasteiger partial charge in [0.2, 0.25) is 11.8 Å². The molecule has 2 aromatic carbocycles. The molecule has 1 saturated heterocycles. The second-order valence-corrected chi connectivity index (χ2v) is 6.52. The van der Waals surface area contributed by atoms with Gasteiger partial charge >= 0.3 is 0 Å². The number of nitrogens with one attached hydrogen (secondary N) is 2. The van der Waals surface area contributed by atoms with Crippen LogP contribution in [0.3, 0.4) is 0 Å². The first-order valence-corrected chi connectivity index (χ1v) is 8.90. The molecular formula is C20H21F2N3O3. The number of nitrogens with zero attached hydrogens (tertiary/aromatic N) is 1. The number of hydrogen-bond donors (Lipinski definition) is 2. The topological polar surface area (TPSA) is 70.7 Å². The predicted molar refractivity (Wildman–Crippen MR) is 103 cm³/mol. The molecule has 2 aromatic rings.